The molecule has 2 aliphatic heterocycles. The highest BCUT2D eigenvalue weighted by Crippen LogP contribution is 2.21. The Kier molecular flexibility index (Phi) is 12.3. The van der Waals surface area contributed by atoms with Crippen molar-refractivity contribution in [3.63, 3.8) is 0 Å². The van der Waals surface area contributed by atoms with E-state index in [-0.39, 0.29) is 35.8 Å². The average Bonchev–Trinajstić information content (AvgIpc) is 3.40. The summed E-state index contributed by atoms with van der Waals surface area (Å²) >= 11 is 0. The largest absolute Gasteiger partial charge is 0.386 e. The Bertz CT molecular complexity index is 1510. The highest BCUT2D eigenvalue weighted by molar-refractivity contribution is 6.00. The van der Waals surface area contributed by atoms with Crippen molar-refractivity contribution < 1.29 is 14.4 Å². The normalized spacial score (nSPS) is 15.0. The number of amides is 2. The van der Waals surface area contributed by atoms with Crippen LogP contribution in [0.2, 0.25) is 0 Å². The van der Waals surface area contributed by atoms with Crippen LogP contribution < -0.4 is 22.1 Å². The van der Waals surface area contributed by atoms with E-state index in [1.165, 1.54) is 34.6 Å². The number of carbonyl (C=O) groups excluding carboxylic acids is 3. The van der Waals surface area contributed by atoms with Crippen molar-refractivity contribution in [2.45, 2.75) is 51.4 Å². The van der Waals surface area contributed by atoms with E-state index in [0.29, 0.717) is 12.4 Å². The molecule has 0 atom stereocenters. The summed E-state index contributed by atoms with van der Waals surface area (Å²) in [6, 6.07) is 13.7. The maximum atomic E-state index is 13.3. The summed E-state index contributed by atoms with van der Waals surface area (Å²) in [5.41, 5.74) is 18.4. The molecule has 6 N–H and O–H groups in total. The van der Waals surface area contributed by atoms with Gasteiger partial charge in [-0.15, -0.1) is 0 Å². The lowest BCUT2D eigenvalue weighted by Crippen LogP contribution is -2.33. The summed E-state index contributed by atoms with van der Waals surface area (Å²) in [7, 11) is 0. The summed E-state index contributed by atoms with van der Waals surface area (Å²) in [6.45, 7) is 10.8. The Morgan fingerprint density at radius 3 is 1.58 bits per heavy atom. The van der Waals surface area contributed by atoms with Crippen molar-refractivity contribution in [3.8, 4) is 0 Å². The molecule has 0 fully saturated rings. The van der Waals surface area contributed by atoms with Crippen LogP contribution in [0.15, 0.2) is 61.2 Å². The van der Waals surface area contributed by atoms with Gasteiger partial charge < -0.3 is 31.9 Å². The van der Waals surface area contributed by atoms with Gasteiger partial charge in [0.25, 0.3) is 0 Å². The Labute approximate surface area is 283 Å². The molecule has 0 spiro atoms. The standard InChI is InChI=1S/C37H48N8O3/c1-26(38)40-12-2-14-44-16-8-29-6-4-27(20-31(29)10-18-44)22-35(46)33-24-34(43-25-42-33)36(47)23-28-5-7-30-9-17-45(19-11-32(30)21-28)15-3-13-41-37(39)48/h4-7,20-21,24-25,40H,1-3,8-19,22-23,38H2,(H3,39,41,48). The summed E-state index contributed by atoms with van der Waals surface area (Å²) in [6.07, 6.45) is 7.37. The molecule has 11 nitrogen and oxygen atoms in total. The molecular weight excluding hydrogens is 604 g/mol. The summed E-state index contributed by atoms with van der Waals surface area (Å²) in [4.78, 5) is 50.8. The molecule has 0 saturated carbocycles. The number of hydrogen-bond donors (Lipinski definition) is 4. The predicted molar refractivity (Wildman–Crippen MR) is 187 cm³/mol. The van der Waals surface area contributed by atoms with Crippen molar-refractivity contribution in [2.24, 2.45) is 11.5 Å². The fraction of sp³-hybridized carbons (Fsp3) is 0.432. The van der Waals surface area contributed by atoms with Crippen LogP contribution in [0.4, 0.5) is 4.79 Å². The minimum absolute atomic E-state index is 0.129. The summed E-state index contributed by atoms with van der Waals surface area (Å²) in [5, 5.41) is 5.73. The van der Waals surface area contributed by atoms with Crippen LogP contribution in [0.5, 0.6) is 0 Å². The first-order valence-electron chi connectivity index (χ1n) is 17.0. The van der Waals surface area contributed by atoms with E-state index in [0.717, 1.165) is 95.5 Å². The molecule has 2 amide bonds. The Morgan fingerprint density at radius 2 is 1.12 bits per heavy atom. The van der Waals surface area contributed by atoms with Crippen LogP contribution in [0.1, 0.15) is 67.2 Å². The molecule has 0 radical (unpaired) electrons. The number of Topliss-reactive ketones (excluding diaryl/α,β-unsaturated/α-hetero) is 2. The van der Waals surface area contributed by atoms with Crippen LogP contribution in [0, 0.1) is 0 Å². The van der Waals surface area contributed by atoms with Gasteiger partial charge in [-0.3, -0.25) is 9.59 Å². The molecule has 2 aromatic carbocycles. The van der Waals surface area contributed by atoms with Crippen molar-refractivity contribution in [1.82, 2.24) is 30.4 Å². The molecule has 1 aromatic heterocycles. The van der Waals surface area contributed by atoms with Crippen LogP contribution in [0.25, 0.3) is 0 Å². The second kappa shape index (κ2) is 17.0. The van der Waals surface area contributed by atoms with Crippen molar-refractivity contribution in [2.75, 3.05) is 52.4 Å². The number of fused-ring (bicyclic) bond motifs is 2. The number of hydrogen-bond acceptors (Lipinski definition) is 9. The first kappa shape index (κ1) is 34.7. The van der Waals surface area contributed by atoms with Gasteiger partial charge in [0.2, 0.25) is 0 Å². The first-order chi connectivity index (χ1) is 23.2. The Hall–Kier alpha value is -4.61. The topological polar surface area (TPSA) is 160 Å². The molecule has 11 heteroatoms. The van der Waals surface area contributed by atoms with Gasteiger partial charge in [-0.25, -0.2) is 14.8 Å². The van der Waals surface area contributed by atoms with Crippen LogP contribution in [-0.2, 0) is 38.5 Å². The van der Waals surface area contributed by atoms with E-state index in [2.05, 4.69) is 61.2 Å². The zero-order valence-electron chi connectivity index (χ0n) is 27.8. The molecule has 0 bridgehead atoms. The maximum Gasteiger partial charge on any atom is 0.312 e. The molecule has 3 heterocycles. The third-order valence-corrected chi connectivity index (χ3v) is 9.25. The number of benzene rings is 2. The van der Waals surface area contributed by atoms with E-state index in [1.54, 1.807) is 0 Å². The van der Waals surface area contributed by atoms with Gasteiger partial charge in [-0.1, -0.05) is 43.0 Å². The quantitative estimate of drug-likeness (QED) is 0.143. The van der Waals surface area contributed by atoms with Gasteiger partial charge in [0.1, 0.15) is 17.7 Å². The number of primary amides is 1. The zero-order chi connectivity index (χ0) is 33.9. The number of aromatic nitrogens is 2. The van der Waals surface area contributed by atoms with E-state index in [9.17, 15) is 14.4 Å². The first-order valence-corrected chi connectivity index (χ1v) is 17.0. The summed E-state index contributed by atoms with van der Waals surface area (Å²) < 4.78 is 0. The van der Waals surface area contributed by atoms with Gasteiger partial charge in [0.15, 0.2) is 11.6 Å². The van der Waals surface area contributed by atoms with Gasteiger partial charge in [0.05, 0.1) is 5.82 Å². The van der Waals surface area contributed by atoms with Gasteiger partial charge >= 0.3 is 6.03 Å². The Morgan fingerprint density at radius 1 is 0.667 bits per heavy atom. The molecule has 48 heavy (non-hydrogen) atoms. The van der Waals surface area contributed by atoms with Crippen molar-refractivity contribution in [1.29, 1.82) is 0 Å². The number of urea groups is 1. The number of carbonyl (C=O) groups is 3. The molecule has 0 unspecified atom stereocenters. The lowest BCUT2D eigenvalue weighted by molar-refractivity contribution is 0.0987. The van der Waals surface area contributed by atoms with Gasteiger partial charge in [0, 0.05) is 52.1 Å². The molecule has 0 saturated heterocycles. The Balaban J connectivity index is 1.13. The second-order valence-electron chi connectivity index (χ2n) is 12.8. The zero-order valence-corrected chi connectivity index (χ0v) is 27.8. The molecule has 254 valence electrons. The SMILES string of the molecule is C=C(N)NCCCN1CCc2ccc(CC(=O)c3cc(C(=O)Cc4ccc5c(c4)CCN(CCCNC(N)=O)CC5)ncn3)cc2CC1. The molecular formula is C37H48N8O3. The lowest BCUT2D eigenvalue weighted by Gasteiger charge is -2.19. The smallest absolute Gasteiger partial charge is 0.312 e. The maximum absolute atomic E-state index is 13.3. The molecule has 0 aliphatic carbocycles. The minimum Gasteiger partial charge on any atom is -0.386 e. The highest BCUT2D eigenvalue weighted by atomic mass is 16.2. The molecule has 3 aromatic rings. The number of ketones is 2. The lowest BCUT2D eigenvalue weighted by atomic mass is 9.96. The van der Waals surface area contributed by atoms with Gasteiger partial charge in [-0.05, 0) is 91.1 Å². The fourth-order valence-corrected chi connectivity index (χ4v) is 6.60. The second-order valence-corrected chi connectivity index (χ2v) is 12.8. The third-order valence-electron chi connectivity index (χ3n) is 9.25. The van der Waals surface area contributed by atoms with E-state index < -0.39 is 6.03 Å². The van der Waals surface area contributed by atoms with Crippen molar-refractivity contribution >= 4 is 17.6 Å². The molecule has 2 aliphatic rings. The third kappa shape index (κ3) is 10.2. The summed E-state index contributed by atoms with van der Waals surface area (Å²) in [5.74, 6) is 0.239. The van der Waals surface area contributed by atoms with Crippen LogP contribution in [-0.4, -0.2) is 89.7 Å². The average molecular weight is 653 g/mol. The predicted octanol–water partition coefficient (Wildman–Crippen LogP) is 2.60. The number of nitrogens with zero attached hydrogens (tertiary/aromatic N) is 4. The monoisotopic (exact) mass is 652 g/mol. The van der Waals surface area contributed by atoms with E-state index in [4.69, 9.17) is 11.5 Å². The van der Waals surface area contributed by atoms with Crippen molar-refractivity contribution in [3.05, 3.63) is 106 Å². The van der Waals surface area contributed by atoms with E-state index >= 15 is 0 Å². The minimum atomic E-state index is -0.491. The fourth-order valence-electron chi connectivity index (χ4n) is 6.60. The van der Waals surface area contributed by atoms with E-state index in [1.807, 2.05) is 12.1 Å². The van der Waals surface area contributed by atoms with Crippen LogP contribution in [0.3, 0.4) is 0 Å². The number of nitrogens with two attached hydrogens (primary N) is 2. The molecule has 5 rings (SSSR count). The van der Waals surface area contributed by atoms with Crippen LogP contribution >= 0.6 is 0 Å². The van der Waals surface area contributed by atoms with Gasteiger partial charge in [-0.2, -0.15) is 0 Å². The number of nitrogens with one attached hydrogen (secondary N) is 2. The number of rotatable bonds is 15. The highest BCUT2D eigenvalue weighted by Gasteiger charge is 2.19.